The fourth-order valence-electron chi connectivity index (χ4n) is 1.39. The molecule has 84 valence electrons. The van der Waals surface area contributed by atoms with Crippen LogP contribution in [-0.2, 0) is 22.6 Å². The van der Waals surface area contributed by atoms with Gasteiger partial charge in [0.05, 0.1) is 12.7 Å². The smallest absolute Gasteiger partial charge is 0.0930 e. The highest BCUT2D eigenvalue weighted by molar-refractivity contribution is 5.22. The summed E-state index contributed by atoms with van der Waals surface area (Å²) in [6.45, 7) is 2.55. The van der Waals surface area contributed by atoms with Crippen molar-refractivity contribution in [2.75, 3.05) is 7.11 Å². The van der Waals surface area contributed by atoms with E-state index < -0.39 is 0 Å². The number of rotatable bonds is 6. The fraction of sp³-hybridized carbons (Fsp3) is 0.500. The minimum atomic E-state index is 0.317. The molecule has 0 aliphatic carbocycles. The summed E-state index contributed by atoms with van der Waals surface area (Å²) in [5.74, 6) is 5.00. The Hall–Kier alpha value is -0.900. The van der Waals surface area contributed by atoms with Gasteiger partial charge in [0.2, 0.25) is 0 Å². The van der Waals surface area contributed by atoms with Crippen LogP contribution in [0.5, 0.6) is 0 Å². The molecule has 2 N–H and O–H groups in total. The molecule has 0 amide bonds. The first-order valence-electron chi connectivity index (χ1n) is 5.18. The number of ether oxygens (including phenoxy) is 1. The first-order chi connectivity index (χ1) is 7.26. The Kier molecular flexibility index (Phi) is 5.32. The third-order valence-electron chi connectivity index (χ3n) is 2.51. The van der Waals surface area contributed by atoms with Crippen molar-refractivity contribution in [2.24, 2.45) is 5.90 Å². The standard InChI is InChI=1S/C12H19NO2/c1-10(14-2)3-4-11-5-7-12(8-6-11)9-15-13/h5-8,10H,3-4,9,13H2,1-2H3. The van der Waals surface area contributed by atoms with Gasteiger partial charge < -0.3 is 4.74 Å². The third kappa shape index (κ3) is 4.42. The number of aryl methyl sites for hydroxylation is 1. The summed E-state index contributed by atoms with van der Waals surface area (Å²) in [5, 5.41) is 0. The van der Waals surface area contributed by atoms with Gasteiger partial charge in [0.1, 0.15) is 0 Å². The maximum atomic E-state index is 5.20. The Labute approximate surface area is 91.1 Å². The van der Waals surface area contributed by atoms with E-state index in [-0.39, 0.29) is 0 Å². The molecule has 1 atom stereocenters. The van der Waals surface area contributed by atoms with Gasteiger partial charge >= 0.3 is 0 Å². The quantitative estimate of drug-likeness (QED) is 0.729. The zero-order chi connectivity index (χ0) is 11.1. The van der Waals surface area contributed by atoms with E-state index in [0.717, 1.165) is 18.4 Å². The van der Waals surface area contributed by atoms with Gasteiger partial charge in [-0.2, -0.15) is 0 Å². The second-order valence-electron chi connectivity index (χ2n) is 3.71. The normalized spacial score (nSPS) is 12.7. The minimum Gasteiger partial charge on any atom is -0.382 e. The van der Waals surface area contributed by atoms with Gasteiger partial charge in [-0.25, -0.2) is 5.90 Å². The van der Waals surface area contributed by atoms with E-state index >= 15 is 0 Å². The maximum Gasteiger partial charge on any atom is 0.0930 e. The van der Waals surface area contributed by atoms with Gasteiger partial charge in [0, 0.05) is 7.11 Å². The Morgan fingerprint density at radius 1 is 1.20 bits per heavy atom. The molecule has 15 heavy (non-hydrogen) atoms. The van der Waals surface area contributed by atoms with Crippen molar-refractivity contribution in [1.29, 1.82) is 0 Å². The van der Waals surface area contributed by atoms with E-state index in [9.17, 15) is 0 Å². The molecule has 1 aromatic carbocycles. The Morgan fingerprint density at radius 2 is 1.80 bits per heavy atom. The van der Waals surface area contributed by atoms with Crippen LogP contribution in [0.25, 0.3) is 0 Å². The monoisotopic (exact) mass is 209 g/mol. The van der Waals surface area contributed by atoms with Crippen molar-refractivity contribution in [3.8, 4) is 0 Å². The van der Waals surface area contributed by atoms with Crippen LogP contribution in [-0.4, -0.2) is 13.2 Å². The van der Waals surface area contributed by atoms with E-state index in [1.165, 1.54) is 5.56 Å². The lowest BCUT2D eigenvalue weighted by atomic mass is 10.1. The number of nitrogens with two attached hydrogens (primary N) is 1. The molecule has 1 aromatic rings. The van der Waals surface area contributed by atoms with Gasteiger partial charge in [-0.05, 0) is 30.9 Å². The molecule has 3 heteroatoms. The first kappa shape index (κ1) is 12.2. The van der Waals surface area contributed by atoms with E-state index in [1.54, 1.807) is 7.11 Å². The molecule has 0 aliphatic rings. The van der Waals surface area contributed by atoms with E-state index in [1.807, 2.05) is 12.1 Å². The third-order valence-corrected chi connectivity index (χ3v) is 2.51. The van der Waals surface area contributed by atoms with Crippen LogP contribution in [0.2, 0.25) is 0 Å². The number of hydrogen-bond donors (Lipinski definition) is 1. The molecular formula is C12H19NO2. The molecule has 1 rings (SSSR count). The minimum absolute atomic E-state index is 0.317. The Morgan fingerprint density at radius 3 is 2.33 bits per heavy atom. The van der Waals surface area contributed by atoms with Crippen molar-refractivity contribution in [3.63, 3.8) is 0 Å². The van der Waals surface area contributed by atoms with Gasteiger partial charge in [0.15, 0.2) is 0 Å². The molecule has 3 nitrogen and oxygen atoms in total. The lowest BCUT2D eigenvalue weighted by Crippen LogP contribution is -2.06. The highest BCUT2D eigenvalue weighted by Crippen LogP contribution is 2.09. The SMILES string of the molecule is COC(C)CCc1ccc(CON)cc1. The Bertz CT molecular complexity index is 271. The number of hydrogen-bond acceptors (Lipinski definition) is 3. The summed E-state index contributed by atoms with van der Waals surface area (Å²) in [6, 6.07) is 8.30. The zero-order valence-electron chi connectivity index (χ0n) is 9.40. The summed E-state index contributed by atoms with van der Waals surface area (Å²) < 4.78 is 5.20. The first-order valence-corrected chi connectivity index (χ1v) is 5.18. The molecule has 0 spiro atoms. The summed E-state index contributed by atoms with van der Waals surface area (Å²) in [5.41, 5.74) is 2.42. The highest BCUT2D eigenvalue weighted by Gasteiger charge is 2.00. The highest BCUT2D eigenvalue weighted by atomic mass is 16.6. The molecule has 1 unspecified atom stereocenters. The van der Waals surface area contributed by atoms with Crippen LogP contribution in [0, 0.1) is 0 Å². The van der Waals surface area contributed by atoms with Gasteiger partial charge in [-0.15, -0.1) is 0 Å². The largest absolute Gasteiger partial charge is 0.382 e. The van der Waals surface area contributed by atoms with Crippen LogP contribution in [0.4, 0.5) is 0 Å². The molecule has 0 saturated carbocycles. The lowest BCUT2D eigenvalue weighted by molar-refractivity contribution is 0.111. The van der Waals surface area contributed by atoms with E-state index in [0.29, 0.717) is 12.7 Å². The molecule has 0 bridgehead atoms. The summed E-state index contributed by atoms with van der Waals surface area (Å²) in [7, 11) is 1.74. The summed E-state index contributed by atoms with van der Waals surface area (Å²) in [4.78, 5) is 4.56. The van der Waals surface area contributed by atoms with Crippen LogP contribution in [0.15, 0.2) is 24.3 Å². The molecule has 0 aromatic heterocycles. The van der Waals surface area contributed by atoms with E-state index in [2.05, 4.69) is 23.9 Å². The predicted molar refractivity (Wildman–Crippen MR) is 60.2 cm³/mol. The number of benzene rings is 1. The molecule has 0 fully saturated rings. The molecule has 0 saturated heterocycles. The van der Waals surface area contributed by atoms with Crippen molar-refractivity contribution < 1.29 is 9.57 Å². The average Bonchev–Trinajstić information content (AvgIpc) is 2.28. The lowest BCUT2D eigenvalue weighted by Gasteiger charge is -2.09. The van der Waals surface area contributed by atoms with Gasteiger partial charge in [-0.1, -0.05) is 24.3 Å². The molecule has 0 heterocycles. The second-order valence-corrected chi connectivity index (χ2v) is 3.71. The molecule has 0 aliphatic heterocycles. The van der Waals surface area contributed by atoms with Crippen molar-refractivity contribution in [2.45, 2.75) is 32.5 Å². The van der Waals surface area contributed by atoms with Gasteiger partial charge in [-0.3, -0.25) is 4.84 Å². The summed E-state index contributed by atoms with van der Waals surface area (Å²) in [6.07, 6.45) is 2.40. The summed E-state index contributed by atoms with van der Waals surface area (Å²) >= 11 is 0. The van der Waals surface area contributed by atoms with Crippen molar-refractivity contribution in [1.82, 2.24) is 0 Å². The zero-order valence-corrected chi connectivity index (χ0v) is 9.40. The molecule has 0 radical (unpaired) electrons. The van der Waals surface area contributed by atoms with Crippen LogP contribution in [0.3, 0.4) is 0 Å². The predicted octanol–water partition coefficient (Wildman–Crippen LogP) is 2.04. The van der Waals surface area contributed by atoms with Crippen molar-refractivity contribution >= 4 is 0 Å². The number of methoxy groups -OCH3 is 1. The topological polar surface area (TPSA) is 44.5 Å². The maximum absolute atomic E-state index is 5.20. The Balaban J connectivity index is 2.42. The van der Waals surface area contributed by atoms with Crippen molar-refractivity contribution in [3.05, 3.63) is 35.4 Å². The van der Waals surface area contributed by atoms with Crippen LogP contribution < -0.4 is 5.90 Å². The molecular weight excluding hydrogens is 190 g/mol. The van der Waals surface area contributed by atoms with Crippen LogP contribution in [0.1, 0.15) is 24.5 Å². The fourth-order valence-corrected chi connectivity index (χ4v) is 1.39. The average molecular weight is 209 g/mol. The van der Waals surface area contributed by atoms with E-state index in [4.69, 9.17) is 10.6 Å². The second kappa shape index (κ2) is 6.56. The van der Waals surface area contributed by atoms with Crippen LogP contribution >= 0.6 is 0 Å². The van der Waals surface area contributed by atoms with Gasteiger partial charge in [0.25, 0.3) is 0 Å².